The average Bonchev–Trinajstić information content (AvgIpc) is 3.11. The predicted octanol–water partition coefficient (Wildman–Crippen LogP) is 12.2. The monoisotopic (exact) mass is 708 g/mol. The van der Waals surface area contributed by atoms with Crippen molar-refractivity contribution in [3.05, 3.63) is 12.2 Å². The molecule has 6 nitrogen and oxygen atoms in total. The summed E-state index contributed by atoms with van der Waals surface area (Å²) in [6.45, 7) is 4.82. The third-order valence-electron chi connectivity index (χ3n) is 10.1. The van der Waals surface area contributed by atoms with Crippen LogP contribution in [-0.2, 0) is 14.3 Å². The Morgan fingerprint density at radius 1 is 0.540 bits per heavy atom. The molecule has 0 rings (SSSR count). The van der Waals surface area contributed by atoms with E-state index in [4.69, 9.17) is 4.74 Å². The molecule has 50 heavy (non-hydrogen) atoms. The summed E-state index contributed by atoms with van der Waals surface area (Å²) in [5.74, 6) is -0.105. The van der Waals surface area contributed by atoms with Gasteiger partial charge >= 0.3 is 5.97 Å². The van der Waals surface area contributed by atoms with Gasteiger partial charge in [0.25, 0.3) is 0 Å². The number of ether oxygens (including phenoxy) is 1. The van der Waals surface area contributed by atoms with Gasteiger partial charge in [-0.15, -0.1) is 0 Å². The molecule has 0 radical (unpaired) electrons. The van der Waals surface area contributed by atoms with E-state index in [0.717, 1.165) is 57.8 Å². The van der Waals surface area contributed by atoms with E-state index in [1.54, 1.807) is 6.08 Å². The maximum atomic E-state index is 12.3. The van der Waals surface area contributed by atoms with Gasteiger partial charge in [-0.25, -0.2) is 0 Å². The minimum atomic E-state index is -0.852. The molecule has 0 spiro atoms. The van der Waals surface area contributed by atoms with Crippen LogP contribution in [-0.4, -0.2) is 47.4 Å². The number of carbonyl (C=O) groups excluding carboxylic acids is 2. The van der Waals surface area contributed by atoms with E-state index in [2.05, 4.69) is 19.2 Å². The highest BCUT2D eigenvalue weighted by molar-refractivity contribution is 5.76. The molecule has 2 atom stereocenters. The first-order valence-corrected chi connectivity index (χ1v) is 22.0. The first-order valence-electron chi connectivity index (χ1n) is 22.0. The minimum absolute atomic E-state index is 0.0149. The Morgan fingerprint density at radius 3 is 1.36 bits per heavy atom. The predicted molar refractivity (Wildman–Crippen MR) is 213 cm³/mol. The van der Waals surface area contributed by atoms with Crippen molar-refractivity contribution < 1.29 is 24.5 Å². The van der Waals surface area contributed by atoms with Crippen molar-refractivity contribution in [1.82, 2.24) is 5.32 Å². The van der Waals surface area contributed by atoms with Gasteiger partial charge in [-0.05, 0) is 32.1 Å². The van der Waals surface area contributed by atoms with Crippen molar-refractivity contribution in [1.29, 1.82) is 0 Å². The maximum absolute atomic E-state index is 12.3. The van der Waals surface area contributed by atoms with Gasteiger partial charge in [0.15, 0.2) is 0 Å². The van der Waals surface area contributed by atoms with Crippen molar-refractivity contribution in [2.24, 2.45) is 0 Å². The summed E-state index contributed by atoms with van der Waals surface area (Å²) in [6, 6.07) is -0.637. The Bertz CT molecular complexity index is 742. The number of carbonyl (C=O) groups is 2. The molecule has 0 aliphatic heterocycles. The first kappa shape index (κ1) is 48.6. The van der Waals surface area contributed by atoms with Crippen molar-refractivity contribution in [3.63, 3.8) is 0 Å². The van der Waals surface area contributed by atoms with Crippen LogP contribution in [0.3, 0.4) is 0 Å². The number of nitrogens with one attached hydrogen (secondary N) is 1. The SMILES string of the molecule is CCCCCCCCC/C=C/C(O)C(CO)NC(=O)CCCCCCCCCCCCCOC(=O)CCCCCCCCCCCCCCC. The van der Waals surface area contributed by atoms with Crippen LogP contribution in [0.25, 0.3) is 0 Å². The third-order valence-corrected chi connectivity index (χ3v) is 10.1. The summed E-state index contributed by atoms with van der Waals surface area (Å²) in [5.41, 5.74) is 0. The second-order valence-corrected chi connectivity index (χ2v) is 15.0. The number of aliphatic hydroxyl groups is 2. The van der Waals surface area contributed by atoms with Crippen molar-refractivity contribution in [3.8, 4) is 0 Å². The third kappa shape index (κ3) is 36.4. The van der Waals surface area contributed by atoms with Gasteiger partial charge in [-0.3, -0.25) is 9.59 Å². The number of unbranched alkanes of at least 4 members (excludes halogenated alkanes) is 29. The van der Waals surface area contributed by atoms with Crippen LogP contribution in [0.4, 0.5) is 0 Å². The second-order valence-electron chi connectivity index (χ2n) is 15.0. The fraction of sp³-hybridized carbons (Fsp3) is 0.909. The normalized spacial score (nSPS) is 12.8. The number of rotatable bonds is 40. The molecule has 0 aliphatic rings. The summed E-state index contributed by atoms with van der Waals surface area (Å²) in [5, 5.41) is 22.8. The van der Waals surface area contributed by atoms with Gasteiger partial charge in [-0.1, -0.05) is 199 Å². The summed E-state index contributed by atoms with van der Waals surface area (Å²) in [4.78, 5) is 24.3. The molecule has 0 saturated carbocycles. The van der Waals surface area contributed by atoms with E-state index in [1.807, 2.05) is 6.08 Å². The van der Waals surface area contributed by atoms with E-state index in [-0.39, 0.29) is 18.5 Å². The van der Waals surface area contributed by atoms with Gasteiger partial charge in [0.1, 0.15) is 0 Å². The molecule has 0 aromatic rings. The van der Waals surface area contributed by atoms with Gasteiger partial charge in [0, 0.05) is 12.8 Å². The molecule has 0 aliphatic carbocycles. The zero-order valence-electron chi connectivity index (χ0n) is 33.4. The summed E-state index contributed by atoms with van der Waals surface area (Å²) >= 11 is 0. The highest BCUT2D eigenvalue weighted by atomic mass is 16.5. The summed E-state index contributed by atoms with van der Waals surface area (Å²) < 4.78 is 5.44. The smallest absolute Gasteiger partial charge is 0.305 e. The largest absolute Gasteiger partial charge is 0.466 e. The molecule has 0 aromatic heterocycles. The van der Waals surface area contributed by atoms with Crippen LogP contribution in [0.1, 0.15) is 232 Å². The fourth-order valence-corrected chi connectivity index (χ4v) is 6.63. The topological polar surface area (TPSA) is 95.9 Å². The lowest BCUT2D eigenvalue weighted by Crippen LogP contribution is -2.45. The van der Waals surface area contributed by atoms with Gasteiger partial charge in [-0.2, -0.15) is 0 Å². The Morgan fingerprint density at radius 2 is 0.920 bits per heavy atom. The summed E-state index contributed by atoms with van der Waals surface area (Å²) in [7, 11) is 0. The van der Waals surface area contributed by atoms with E-state index < -0.39 is 12.1 Å². The van der Waals surface area contributed by atoms with E-state index in [1.165, 1.54) is 148 Å². The van der Waals surface area contributed by atoms with Crippen LogP contribution in [0.15, 0.2) is 12.2 Å². The van der Waals surface area contributed by atoms with E-state index >= 15 is 0 Å². The number of esters is 1. The Balaban J connectivity index is 3.48. The van der Waals surface area contributed by atoms with Crippen molar-refractivity contribution in [2.45, 2.75) is 244 Å². The molecular weight excluding hydrogens is 622 g/mol. The molecule has 1 amide bonds. The van der Waals surface area contributed by atoms with Crippen LogP contribution < -0.4 is 5.32 Å². The molecule has 6 heteroatoms. The fourth-order valence-electron chi connectivity index (χ4n) is 6.63. The number of allylic oxidation sites excluding steroid dienone is 1. The number of hydrogen-bond donors (Lipinski definition) is 3. The second kappa shape index (κ2) is 40.4. The van der Waals surface area contributed by atoms with Gasteiger partial charge in [0.05, 0.1) is 25.4 Å². The molecule has 296 valence electrons. The lowest BCUT2D eigenvalue weighted by atomic mass is 10.0. The Kier molecular flexibility index (Phi) is 39.2. The highest BCUT2D eigenvalue weighted by Crippen LogP contribution is 2.15. The number of aliphatic hydroxyl groups excluding tert-OH is 2. The Hall–Kier alpha value is -1.40. The molecular formula is C44H85NO5. The number of amides is 1. The van der Waals surface area contributed by atoms with Gasteiger partial charge in [0.2, 0.25) is 5.91 Å². The van der Waals surface area contributed by atoms with Crippen molar-refractivity contribution in [2.75, 3.05) is 13.2 Å². The Labute approximate surface area is 310 Å². The molecule has 0 heterocycles. The molecule has 2 unspecified atom stereocenters. The van der Waals surface area contributed by atoms with Crippen LogP contribution in [0, 0.1) is 0 Å². The molecule has 0 aromatic carbocycles. The highest BCUT2D eigenvalue weighted by Gasteiger charge is 2.18. The average molecular weight is 708 g/mol. The maximum Gasteiger partial charge on any atom is 0.305 e. The minimum Gasteiger partial charge on any atom is -0.466 e. The lowest BCUT2D eigenvalue weighted by molar-refractivity contribution is -0.143. The molecule has 3 N–H and O–H groups in total. The first-order chi connectivity index (χ1) is 24.5. The standard InChI is InChI=1S/C44H85NO5/c1-3-5-7-9-11-13-14-15-18-22-26-30-34-38-44(49)50-39-35-31-27-23-19-16-17-21-25-29-33-37-43(48)45-41(40-46)42(47)36-32-28-24-20-12-10-8-6-4-2/h32,36,41-42,46-47H,3-31,33-35,37-40H2,1-2H3,(H,45,48)/b36-32+. The molecule has 0 bridgehead atoms. The zero-order valence-corrected chi connectivity index (χ0v) is 33.4. The van der Waals surface area contributed by atoms with Crippen LogP contribution in [0.5, 0.6) is 0 Å². The summed E-state index contributed by atoms with van der Waals surface area (Å²) in [6.07, 6.45) is 43.4. The van der Waals surface area contributed by atoms with Crippen LogP contribution in [0.2, 0.25) is 0 Å². The quantitative estimate of drug-likeness (QED) is 0.0335. The van der Waals surface area contributed by atoms with E-state index in [0.29, 0.717) is 19.4 Å². The molecule has 0 saturated heterocycles. The van der Waals surface area contributed by atoms with Crippen LogP contribution >= 0.6 is 0 Å². The number of hydrogen-bond acceptors (Lipinski definition) is 5. The van der Waals surface area contributed by atoms with E-state index in [9.17, 15) is 19.8 Å². The lowest BCUT2D eigenvalue weighted by Gasteiger charge is -2.20. The zero-order chi connectivity index (χ0) is 36.6. The van der Waals surface area contributed by atoms with Gasteiger partial charge < -0.3 is 20.3 Å². The van der Waals surface area contributed by atoms with Crippen molar-refractivity contribution >= 4 is 11.9 Å². The molecule has 0 fully saturated rings.